The molecule has 0 aromatic rings. The molecule has 1 saturated heterocycles. The van der Waals surface area contributed by atoms with Crippen molar-refractivity contribution in [1.29, 1.82) is 0 Å². The first-order chi connectivity index (χ1) is 9.26. The average molecular weight is 283 g/mol. The van der Waals surface area contributed by atoms with Crippen LogP contribution in [0.3, 0.4) is 0 Å². The largest absolute Gasteiger partial charge is 0.480 e. The quantitative estimate of drug-likeness (QED) is 0.864. The lowest BCUT2D eigenvalue weighted by molar-refractivity contribution is -0.142. The summed E-state index contributed by atoms with van der Waals surface area (Å²) in [7, 11) is 0. The van der Waals surface area contributed by atoms with Gasteiger partial charge in [0.1, 0.15) is 11.6 Å². The molecule has 0 aromatic carbocycles. The zero-order valence-corrected chi connectivity index (χ0v) is 12.6. The van der Waals surface area contributed by atoms with Crippen LogP contribution in [-0.2, 0) is 9.53 Å². The lowest BCUT2D eigenvalue weighted by Gasteiger charge is -2.28. The van der Waals surface area contributed by atoms with Crippen LogP contribution in [-0.4, -0.2) is 40.3 Å². The number of carbonyl (C=O) groups excluding carboxylic acids is 1. The summed E-state index contributed by atoms with van der Waals surface area (Å²) in [6.45, 7) is 5.90. The average Bonchev–Trinajstić information content (AvgIpc) is 2.65. The second kappa shape index (κ2) is 5.62. The van der Waals surface area contributed by atoms with Crippen molar-refractivity contribution in [3.8, 4) is 0 Å². The van der Waals surface area contributed by atoms with Gasteiger partial charge in [0.25, 0.3) is 0 Å². The molecule has 1 heterocycles. The molecular weight excluding hydrogens is 258 g/mol. The monoisotopic (exact) mass is 283 g/mol. The molecule has 2 aliphatic rings. The number of ether oxygens (including phenoxy) is 1. The molecular formula is C15H25NO4. The number of aliphatic carboxylic acids is 1. The van der Waals surface area contributed by atoms with Crippen molar-refractivity contribution in [2.45, 2.75) is 64.5 Å². The van der Waals surface area contributed by atoms with Gasteiger partial charge in [-0.3, -0.25) is 4.90 Å². The third kappa shape index (κ3) is 3.64. The Hall–Kier alpha value is -1.26. The first-order valence-electron chi connectivity index (χ1n) is 7.48. The summed E-state index contributed by atoms with van der Waals surface area (Å²) in [5.41, 5.74) is -0.591. The molecule has 0 radical (unpaired) electrons. The highest BCUT2D eigenvalue weighted by Gasteiger charge is 2.42. The van der Waals surface area contributed by atoms with Crippen molar-refractivity contribution < 1.29 is 19.4 Å². The second-order valence-electron chi connectivity index (χ2n) is 7.12. The van der Waals surface area contributed by atoms with E-state index in [4.69, 9.17) is 4.74 Å². The first kappa shape index (κ1) is 15.1. The van der Waals surface area contributed by atoms with E-state index in [1.807, 2.05) is 0 Å². The Bertz CT molecular complexity index is 384. The third-order valence-electron chi connectivity index (χ3n) is 4.19. The molecule has 20 heavy (non-hydrogen) atoms. The van der Waals surface area contributed by atoms with Crippen molar-refractivity contribution in [3.63, 3.8) is 0 Å². The zero-order chi connectivity index (χ0) is 14.9. The van der Waals surface area contributed by atoms with Crippen LogP contribution in [0.5, 0.6) is 0 Å². The van der Waals surface area contributed by atoms with Gasteiger partial charge in [-0.25, -0.2) is 9.59 Å². The minimum atomic E-state index is -0.924. The predicted molar refractivity (Wildman–Crippen MR) is 74.4 cm³/mol. The zero-order valence-electron chi connectivity index (χ0n) is 12.6. The van der Waals surface area contributed by atoms with Gasteiger partial charge in [0.05, 0.1) is 0 Å². The molecule has 2 fully saturated rings. The lowest BCUT2D eigenvalue weighted by Crippen LogP contribution is -2.43. The molecule has 5 heteroatoms. The predicted octanol–water partition coefficient (Wildman–Crippen LogP) is 2.89. The van der Waals surface area contributed by atoms with Crippen LogP contribution < -0.4 is 0 Å². The van der Waals surface area contributed by atoms with Crippen LogP contribution in [0.2, 0.25) is 0 Å². The minimum Gasteiger partial charge on any atom is -0.480 e. The van der Waals surface area contributed by atoms with E-state index in [9.17, 15) is 14.7 Å². The Labute approximate surface area is 120 Å². The number of carbonyl (C=O) groups is 2. The van der Waals surface area contributed by atoms with Crippen LogP contribution in [0.25, 0.3) is 0 Å². The third-order valence-corrected chi connectivity index (χ3v) is 4.19. The number of likely N-dealkylation sites (tertiary alicyclic amines) is 1. The molecule has 1 aliphatic heterocycles. The standard InChI is InChI=1S/C15H25NO4/c1-15(2,3)20-14(19)16-9-11(7-10-5-4-6-10)8-12(16)13(17)18/h10-12H,4-9H2,1-3H3,(H,17,18)/t11-,12-/m0/s1. The summed E-state index contributed by atoms with van der Waals surface area (Å²) >= 11 is 0. The molecule has 1 saturated carbocycles. The highest BCUT2D eigenvalue weighted by atomic mass is 16.6. The van der Waals surface area contributed by atoms with Crippen LogP contribution in [0.4, 0.5) is 4.79 Å². The minimum absolute atomic E-state index is 0.300. The van der Waals surface area contributed by atoms with E-state index < -0.39 is 23.7 Å². The van der Waals surface area contributed by atoms with Crippen LogP contribution in [0, 0.1) is 11.8 Å². The Kier molecular flexibility index (Phi) is 4.25. The number of nitrogens with zero attached hydrogens (tertiary/aromatic N) is 1. The van der Waals surface area contributed by atoms with Crippen molar-refractivity contribution in [2.24, 2.45) is 11.8 Å². The summed E-state index contributed by atoms with van der Waals surface area (Å²) in [6.07, 6.45) is 4.89. The molecule has 114 valence electrons. The molecule has 0 unspecified atom stereocenters. The second-order valence-corrected chi connectivity index (χ2v) is 7.12. The van der Waals surface area contributed by atoms with E-state index in [2.05, 4.69) is 0 Å². The van der Waals surface area contributed by atoms with Gasteiger partial charge in [-0.15, -0.1) is 0 Å². The summed E-state index contributed by atoms with van der Waals surface area (Å²) in [5.74, 6) is 0.105. The fourth-order valence-electron chi connectivity index (χ4n) is 3.05. The molecule has 2 atom stereocenters. The van der Waals surface area contributed by atoms with E-state index in [1.165, 1.54) is 24.2 Å². The summed E-state index contributed by atoms with van der Waals surface area (Å²) in [4.78, 5) is 24.9. The van der Waals surface area contributed by atoms with E-state index in [0.29, 0.717) is 18.9 Å². The lowest BCUT2D eigenvalue weighted by atomic mass is 9.78. The van der Waals surface area contributed by atoms with Crippen LogP contribution in [0.15, 0.2) is 0 Å². The van der Waals surface area contributed by atoms with Gasteiger partial charge in [0.2, 0.25) is 0 Å². The molecule has 0 bridgehead atoms. The highest BCUT2D eigenvalue weighted by Crippen LogP contribution is 2.37. The molecule has 5 nitrogen and oxygen atoms in total. The summed E-state index contributed by atoms with van der Waals surface area (Å²) in [6, 6.07) is -0.727. The highest BCUT2D eigenvalue weighted by molar-refractivity contribution is 5.81. The molecule has 2 rings (SSSR count). The molecule has 1 amide bonds. The Morgan fingerprint density at radius 2 is 1.90 bits per heavy atom. The van der Waals surface area contributed by atoms with E-state index in [-0.39, 0.29) is 0 Å². The van der Waals surface area contributed by atoms with E-state index in [0.717, 1.165) is 12.3 Å². The van der Waals surface area contributed by atoms with Crippen molar-refractivity contribution in [2.75, 3.05) is 6.54 Å². The number of carboxylic acid groups (broad SMARTS) is 1. The summed E-state index contributed by atoms with van der Waals surface area (Å²) in [5, 5.41) is 9.30. The Balaban J connectivity index is 1.97. The van der Waals surface area contributed by atoms with Crippen molar-refractivity contribution in [1.82, 2.24) is 4.90 Å². The Morgan fingerprint density at radius 1 is 1.25 bits per heavy atom. The Morgan fingerprint density at radius 3 is 2.35 bits per heavy atom. The fraction of sp³-hybridized carbons (Fsp3) is 0.867. The first-order valence-corrected chi connectivity index (χ1v) is 7.48. The normalized spacial score (nSPS) is 27.2. The fourth-order valence-corrected chi connectivity index (χ4v) is 3.05. The molecule has 0 spiro atoms. The van der Waals surface area contributed by atoms with Gasteiger partial charge in [-0.1, -0.05) is 19.3 Å². The van der Waals surface area contributed by atoms with E-state index in [1.54, 1.807) is 20.8 Å². The van der Waals surface area contributed by atoms with Gasteiger partial charge in [0, 0.05) is 6.54 Å². The number of carboxylic acids is 1. The number of amides is 1. The van der Waals surface area contributed by atoms with E-state index >= 15 is 0 Å². The van der Waals surface area contributed by atoms with Crippen molar-refractivity contribution >= 4 is 12.1 Å². The van der Waals surface area contributed by atoms with Gasteiger partial charge in [-0.2, -0.15) is 0 Å². The van der Waals surface area contributed by atoms with Gasteiger partial charge in [-0.05, 0) is 45.4 Å². The number of rotatable bonds is 3. The number of hydrogen-bond acceptors (Lipinski definition) is 3. The van der Waals surface area contributed by atoms with Crippen LogP contribution in [0.1, 0.15) is 52.9 Å². The molecule has 1 N–H and O–H groups in total. The van der Waals surface area contributed by atoms with Gasteiger partial charge >= 0.3 is 12.1 Å². The van der Waals surface area contributed by atoms with Crippen molar-refractivity contribution in [3.05, 3.63) is 0 Å². The molecule has 1 aliphatic carbocycles. The SMILES string of the molecule is CC(C)(C)OC(=O)N1C[C@@H](CC2CCC2)C[C@H]1C(=O)O. The maximum absolute atomic E-state index is 12.1. The summed E-state index contributed by atoms with van der Waals surface area (Å²) < 4.78 is 5.32. The number of hydrogen-bond donors (Lipinski definition) is 1. The van der Waals surface area contributed by atoms with Gasteiger partial charge in [0.15, 0.2) is 0 Å². The van der Waals surface area contributed by atoms with Crippen LogP contribution >= 0.6 is 0 Å². The maximum atomic E-state index is 12.1. The topological polar surface area (TPSA) is 66.8 Å². The maximum Gasteiger partial charge on any atom is 0.411 e. The smallest absolute Gasteiger partial charge is 0.411 e. The van der Waals surface area contributed by atoms with Gasteiger partial charge < -0.3 is 9.84 Å². The molecule has 0 aromatic heterocycles.